The zero-order valence-corrected chi connectivity index (χ0v) is 9.83. The molecule has 1 saturated carbocycles. The molecular weight excluding hydrogens is 198 g/mol. The molecule has 0 spiro atoms. The molecule has 0 radical (unpaired) electrons. The fraction of sp³-hybridized carbons (Fsp3) is 0.500. The first kappa shape index (κ1) is 11.2. The molecular formula is C14H19NO. The molecule has 0 aromatic heterocycles. The van der Waals surface area contributed by atoms with Gasteiger partial charge in [0.15, 0.2) is 0 Å². The van der Waals surface area contributed by atoms with E-state index in [1.165, 1.54) is 19.3 Å². The summed E-state index contributed by atoms with van der Waals surface area (Å²) in [6, 6.07) is 8.15. The summed E-state index contributed by atoms with van der Waals surface area (Å²) in [5.41, 5.74) is 1.86. The second-order valence-electron chi connectivity index (χ2n) is 4.62. The third-order valence-electron chi connectivity index (χ3n) is 3.33. The van der Waals surface area contributed by atoms with Gasteiger partial charge in [-0.1, -0.05) is 37.5 Å². The van der Waals surface area contributed by atoms with Crippen molar-refractivity contribution in [1.29, 1.82) is 0 Å². The molecule has 16 heavy (non-hydrogen) atoms. The van der Waals surface area contributed by atoms with Crippen LogP contribution in [0, 0.1) is 6.92 Å². The van der Waals surface area contributed by atoms with Crippen molar-refractivity contribution in [2.75, 3.05) is 0 Å². The second kappa shape index (κ2) is 5.15. The van der Waals surface area contributed by atoms with Crippen molar-refractivity contribution >= 4 is 5.91 Å². The van der Waals surface area contributed by atoms with Gasteiger partial charge < -0.3 is 5.32 Å². The number of amides is 1. The minimum absolute atomic E-state index is 0.0880. The number of carbonyl (C=O) groups is 1. The first-order chi connectivity index (χ1) is 7.77. The molecule has 0 bridgehead atoms. The molecule has 1 N–H and O–H groups in total. The Kier molecular flexibility index (Phi) is 3.60. The lowest BCUT2D eigenvalue weighted by molar-refractivity contribution is 0.0927. The topological polar surface area (TPSA) is 29.1 Å². The number of carbonyl (C=O) groups excluding carboxylic acids is 1. The van der Waals surface area contributed by atoms with Crippen molar-refractivity contribution in [2.45, 2.75) is 45.1 Å². The van der Waals surface area contributed by atoms with Crippen molar-refractivity contribution in [2.24, 2.45) is 0 Å². The maximum absolute atomic E-state index is 12.0. The largest absolute Gasteiger partial charge is 0.349 e. The van der Waals surface area contributed by atoms with Crippen LogP contribution in [-0.4, -0.2) is 11.9 Å². The van der Waals surface area contributed by atoms with Crippen molar-refractivity contribution in [1.82, 2.24) is 5.32 Å². The quantitative estimate of drug-likeness (QED) is 0.810. The van der Waals surface area contributed by atoms with E-state index in [-0.39, 0.29) is 5.91 Å². The van der Waals surface area contributed by atoms with Gasteiger partial charge in [0, 0.05) is 11.6 Å². The standard InChI is InChI=1S/C14H19NO/c1-11-7-5-6-10-13(11)14(16)15-12-8-3-2-4-9-12/h5-7,10,12H,2-4,8-9H2,1H3,(H,15,16). The van der Waals surface area contributed by atoms with Crippen LogP contribution in [0.1, 0.15) is 48.0 Å². The van der Waals surface area contributed by atoms with Gasteiger partial charge in [-0.05, 0) is 31.4 Å². The molecule has 1 aliphatic carbocycles. The summed E-state index contributed by atoms with van der Waals surface area (Å²) in [6.07, 6.45) is 6.09. The zero-order valence-electron chi connectivity index (χ0n) is 9.83. The molecule has 0 aliphatic heterocycles. The molecule has 1 aromatic rings. The van der Waals surface area contributed by atoms with Gasteiger partial charge in [-0.2, -0.15) is 0 Å². The Balaban J connectivity index is 2.00. The van der Waals surface area contributed by atoms with Crippen molar-refractivity contribution < 1.29 is 4.79 Å². The van der Waals surface area contributed by atoms with Crippen LogP contribution in [0.15, 0.2) is 24.3 Å². The van der Waals surface area contributed by atoms with E-state index in [9.17, 15) is 4.79 Å². The zero-order chi connectivity index (χ0) is 11.4. The Bertz CT molecular complexity index is 367. The lowest BCUT2D eigenvalue weighted by Gasteiger charge is -2.23. The number of rotatable bonds is 2. The predicted octanol–water partition coefficient (Wildman–Crippen LogP) is 3.06. The molecule has 2 nitrogen and oxygen atoms in total. The van der Waals surface area contributed by atoms with Crippen LogP contribution in [0.25, 0.3) is 0 Å². The second-order valence-corrected chi connectivity index (χ2v) is 4.62. The number of hydrogen-bond acceptors (Lipinski definition) is 1. The highest BCUT2D eigenvalue weighted by Crippen LogP contribution is 2.18. The predicted molar refractivity (Wildman–Crippen MR) is 65.5 cm³/mol. The number of aryl methyl sites for hydroxylation is 1. The summed E-state index contributed by atoms with van der Waals surface area (Å²) in [7, 11) is 0. The first-order valence-electron chi connectivity index (χ1n) is 6.14. The molecule has 0 unspecified atom stereocenters. The molecule has 2 heteroatoms. The van der Waals surface area contributed by atoms with E-state index in [0.29, 0.717) is 6.04 Å². The Morgan fingerprint density at radius 1 is 1.19 bits per heavy atom. The minimum Gasteiger partial charge on any atom is -0.349 e. The normalized spacial score (nSPS) is 17.1. The van der Waals surface area contributed by atoms with Gasteiger partial charge in [-0.15, -0.1) is 0 Å². The highest BCUT2D eigenvalue weighted by molar-refractivity contribution is 5.95. The van der Waals surface area contributed by atoms with E-state index in [0.717, 1.165) is 24.0 Å². The van der Waals surface area contributed by atoms with Crippen LogP contribution >= 0.6 is 0 Å². The van der Waals surface area contributed by atoms with E-state index in [2.05, 4.69) is 5.32 Å². The Labute approximate surface area is 97.1 Å². The molecule has 86 valence electrons. The molecule has 1 fully saturated rings. The average Bonchev–Trinajstić information content (AvgIpc) is 2.31. The van der Waals surface area contributed by atoms with Crippen LogP contribution in [-0.2, 0) is 0 Å². The van der Waals surface area contributed by atoms with Crippen LogP contribution in [0.2, 0.25) is 0 Å². The van der Waals surface area contributed by atoms with E-state index in [4.69, 9.17) is 0 Å². The maximum Gasteiger partial charge on any atom is 0.251 e. The Morgan fingerprint density at radius 2 is 1.88 bits per heavy atom. The van der Waals surface area contributed by atoms with Gasteiger partial charge >= 0.3 is 0 Å². The molecule has 0 heterocycles. The Morgan fingerprint density at radius 3 is 2.56 bits per heavy atom. The van der Waals surface area contributed by atoms with E-state index >= 15 is 0 Å². The van der Waals surface area contributed by atoms with Gasteiger partial charge in [-0.3, -0.25) is 4.79 Å². The molecule has 2 rings (SSSR count). The van der Waals surface area contributed by atoms with Gasteiger partial charge in [0.2, 0.25) is 0 Å². The lowest BCUT2D eigenvalue weighted by Crippen LogP contribution is -2.36. The SMILES string of the molecule is Cc1ccccc1C(=O)NC1CCCCC1. The third kappa shape index (κ3) is 2.63. The van der Waals surface area contributed by atoms with Gasteiger partial charge in [0.1, 0.15) is 0 Å². The van der Waals surface area contributed by atoms with Crippen LogP contribution in [0.5, 0.6) is 0 Å². The highest BCUT2D eigenvalue weighted by atomic mass is 16.1. The highest BCUT2D eigenvalue weighted by Gasteiger charge is 2.17. The van der Waals surface area contributed by atoms with Gasteiger partial charge in [0.05, 0.1) is 0 Å². The fourth-order valence-corrected chi connectivity index (χ4v) is 2.34. The number of nitrogens with one attached hydrogen (secondary N) is 1. The maximum atomic E-state index is 12.0. The van der Waals surface area contributed by atoms with Crippen LogP contribution in [0.3, 0.4) is 0 Å². The lowest BCUT2D eigenvalue weighted by atomic mass is 9.95. The molecule has 1 aromatic carbocycles. The van der Waals surface area contributed by atoms with E-state index < -0.39 is 0 Å². The summed E-state index contributed by atoms with van der Waals surface area (Å²) in [5.74, 6) is 0.0880. The average molecular weight is 217 g/mol. The molecule has 1 aliphatic rings. The van der Waals surface area contributed by atoms with Crippen LogP contribution in [0.4, 0.5) is 0 Å². The van der Waals surface area contributed by atoms with E-state index in [1.54, 1.807) is 0 Å². The summed E-state index contributed by atoms with van der Waals surface area (Å²) in [4.78, 5) is 12.0. The number of hydrogen-bond donors (Lipinski definition) is 1. The minimum atomic E-state index is 0.0880. The van der Waals surface area contributed by atoms with E-state index in [1.807, 2.05) is 31.2 Å². The number of benzene rings is 1. The van der Waals surface area contributed by atoms with Crippen molar-refractivity contribution in [3.8, 4) is 0 Å². The summed E-state index contributed by atoms with van der Waals surface area (Å²) in [6.45, 7) is 1.98. The molecule has 0 saturated heterocycles. The first-order valence-corrected chi connectivity index (χ1v) is 6.14. The summed E-state index contributed by atoms with van der Waals surface area (Å²) in [5, 5.41) is 3.14. The molecule has 0 atom stereocenters. The van der Waals surface area contributed by atoms with Crippen molar-refractivity contribution in [3.05, 3.63) is 35.4 Å². The monoisotopic (exact) mass is 217 g/mol. The van der Waals surface area contributed by atoms with Gasteiger partial charge in [0.25, 0.3) is 5.91 Å². The summed E-state index contributed by atoms with van der Waals surface area (Å²) < 4.78 is 0. The third-order valence-corrected chi connectivity index (χ3v) is 3.33. The smallest absolute Gasteiger partial charge is 0.251 e. The van der Waals surface area contributed by atoms with Crippen LogP contribution < -0.4 is 5.32 Å². The fourth-order valence-electron chi connectivity index (χ4n) is 2.34. The molecule has 1 amide bonds. The Hall–Kier alpha value is -1.31. The van der Waals surface area contributed by atoms with Gasteiger partial charge in [-0.25, -0.2) is 0 Å². The summed E-state index contributed by atoms with van der Waals surface area (Å²) >= 11 is 0. The van der Waals surface area contributed by atoms with Crippen molar-refractivity contribution in [3.63, 3.8) is 0 Å².